The van der Waals surface area contributed by atoms with Crippen molar-refractivity contribution in [2.75, 3.05) is 6.61 Å². The first-order valence-corrected chi connectivity index (χ1v) is 34.6. The summed E-state index contributed by atoms with van der Waals surface area (Å²) in [5.74, 6) is -0.333. The van der Waals surface area contributed by atoms with Gasteiger partial charge in [0.15, 0.2) is 0 Å². The van der Waals surface area contributed by atoms with E-state index in [9.17, 15) is 44.9 Å². The maximum Gasteiger partial charge on any atom is 0.472 e. The van der Waals surface area contributed by atoms with Gasteiger partial charge >= 0.3 is 7.82 Å². The summed E-state index contributed by atoms with van der Waals surface area (Å²) in [6.07, 6.45) is 54.8. The molecular weight excluding hydrogens is 990 g/mol. The minimum absolute atomic E-state index is 0.220. The normalized spacial score (nSPS) is 20.5. The van der Waals surface area contributed by atoms with Gasteiger partial charge in [0.2, 0.25) is 5.91 Å². The van der Waals surface area contributed by atoms with Gasteiger partial charge in [0.25, 0.3) is 0 Å². The average Bonchev–Trinajstić information content (AvgIpc) is 3.42. The molecule has 12 nitrogen and oxygen atoms in total. The summed E-state index contributed by atoms with van der Waals surface area (Å²) < 4.78 is 23.1. The fourth-order valence-electron chi connectivity index (χ4n) is 11.0. The number of nitrogens with one attached hydrogen (secondary N) is 1. The molecule has 0 saturated heterocycles. The molecule has 0 radical (unpaired) electrons. The number of carbonyl (C=O) groups excluding carboxylic acids is 1. The Bertz CT molecular complexity index is 1340. The van der Waals surface area contributed by atoms with Gasteiger partial charge < -0.3 is 40.8 Å². The van der Waals surface area contributed by atoms with Crippen molar-refractivity contribution in [1.29, 1.82) is 0 Å². The van der Waals surface area contributed by atoms with Crippen LogP contribution in [0.15, 0.2) is 12.2 Å². The summed E-state index contributed by atoms with van der Waals surface area (Å²) in [7, 11) is -5.08. The molecular formula is C64H126NO11P. The Morgan fingerprint density at radius 3 is 0.987 bits per heavy atom. The molecule has 1 saturated carbocycles. The van der Waals surface area contributed by atoms with Gasteiger partial charge in [0.1, 0.15) is 36.6 Å². The zero-order valence-corrected chi connectivity index (χ0v) is 50.9. The molecule has 13 heteroatoms. The van der Waals surface area contributed by atoms with Crippen molar-refractivity contribution < 1.29 is 53.9 Å². The smallest absolute Gasteiger partial charge is 0.387 e. The van der Waals surface area contributed by atoms with Gasteiger partial charge in [-0.2, -0.15) is 0 Å². The lowest BCUT2D eigenvalue weighted by Crippen LogP contribution is -2.64. The van der Waals surface area contributed by atoms with Crippen LogP contribution in [0.2, 0.25) is 0 Å². The number of amides is 1. The van der Waals surface area contributed by atoms with Gasteiger partial charge in [-0.05, 0) is 19.3 Å². The van der Waals surface area contributed by atoms with Gasteiger partial charge in [-0.15, -0.1) is 0 Å². The number of hydrogen-bond donors (Lipinski definition) is 8. The first-order chi connectivity index (χ1) is 37.4. The zero-order valence-electron chi connectivity index (χ0n) is 50.0. The van der Waals surface area contributed by atoms with Crippen LogP contribution in [0.1, 0.15) is 335 Å². The third-order valence-corrected chi connectivity index (χ3v) is 17.3. The highest BCUT2D eigenvalue weighted by Gasteiger charge is 2.51. The van der Waals surface area contributed by atoms with Crippen LogP contribution >= 0.6 is 7.82 Å². The standard InChI is InChI=1S/C64H126NO11P/c1-3-5-7-9-11-13-15-17-19-20-21-22-23-24-25-26-27-28-29-30-31-32-33-34-35-36-37-38-39-40-42-44-46-48-50-52-54-58(67)65-56(55-75-77(73,74)76-64-62(71)60(69)59(68)61(70)63(64)72)57(66)53-51-49-47-45-43-41-18-16-14-12-10-8-6-4-2/h51,53,56-57,59-64,66,68-72H,3-50,52,54-55H2,1-2H3,(H,65,67)(H,73,74)/b53-51+/t56-,57+,59?,60+,61?,62?,63?,64?/m0/s1. The van der Waals surface area contributed by atoms with E-state index in [0.717, 1.165) is 44.9 Å². The minimum Gasteiger partial charge on any atom is -0.387 e. The largest absolute Gasteiger partial charge is 0.472 e. The molecule has 1 amide bonds. The number of aliphatic hydroxyl groups is 6. The van der Waals surface area contributed by atoms with Crippen LogP contribution < -0.4 is 5.32 Å². The summed E-state index contributed by atoms with van der Waals surface area (Å²) in [6.45, 7) is 3.89. The number of rotatable bonds is 58. The van der Waals surface area contributed by atoms with E-state index in [1.165, 1.54) is 263 Å². The Morgan fingerprint density at radius 2 is 0.688 bits per heavy atom. The van der Waals surface area contributed by atoms with Crippen LogP contribution in [0.25, 0.3) is 0 Å². The van der Waals surface area contributed by atoms with E-state index in [4.69, 9.17) is 9.05 Å². The van der Waals surface area contributed by atoms with Crippen molar-refractivity contribution in [2.24, 2.45) is 0 Å². The van der Waals surface area contributed by atoms with Crippen LogP contribution in [0, 0.1) is 0 Å². The fraction of sp³-hybridized carbons (Fsp3) is 0.953. The summed E-state index contributed by atoms with van der Waals surface area (Å²) in [6, 6.07) is -1.11. The maximum atomic E-state index is 13.1. The SMILES string of the molecule is CCCCCCCCCCCCCC/C=C/[C@@H](O)[C@H](COP(=O)(O)OC1C(O)C(O)C(O)[C@@H](O)C1O)NC(=O)CCCCCCCCCCCCCCCCCCCCCCCCCCCCCCCCCCCCCC. The molecule has 0 aromatic heterocycles. The molecule has 1 fully saturated rings. The number of hydrogen-bond acceptors (Lipinski definition) is 10. The first-order valence-electron chi connectivity index (χ1n) is 33.1. The molecule has 0 aliphatic heterocycles. The van der Waals surface area contributed by atoms with Gasteiger partial charge in [0.05, 0.1) is 18.8 Å². The van der Waals surface area contributed by atoms with Gasteiger partial charge in [0, 0.05) is 6.42 Å². The Hall–Kier alpha value is -0.920. The van der Waals surface area contributed by atoms with E-state index in [1.807, 2.05) is 6.08 Å². The van der Waals surface area contributed by atoms with Crippen molar-refractivity contribution in [1.82, 2.24) is 5.32 Å². The molecule has 0 aromatic rings. The molecule has 8 N–H and O–H groups in total. The summed E-state index contributed by atoms with van der Waals surface area (Å²) >= 11 is 0. The summed E-state index contributed by atoms with van der Waals surface area (Å²) in [4.78, 5) is 23.6. The topological polar surface area (TPSA) is 206 Å². The molecule has 6 unspecified atom stereocenters. The second-order valence-electron chi connectivity index (χ2n) is 23.7. The van der Waals surface area contributed by atoms with E-state index in [1.54, 1.807) is 6.08 Å². The molecule has 9 atom stereocenters. The minimum atomic E-state index is -5.08. The zero-order chi connectivity index (χ0) is 56.3. The maximum absolute atomic E-state index is 13.1. The molecule has 1 rings (SSSR count). The number of allylic oxidation sites excluding steroid dienone is 1. The average molecular weight is 1120 g/mol. The van der Waals surface area contributed by atoms with Crippen molar-refractivity contribution in [3.05, 3.63) is 12.2 Å². The van der Waals surface area contributed by atoms with Gasteiger partial charge in [-0.1, -0.05) is 321 Å². The Balaban J connectivity index is 2.14. The van der Waals surface area contributed by atoms with Crippen molar-refractivity contribution in [3.63, 3.8) is 0 Å². The van der Waals surface area contributed by atoms with Crippen LogP contribution in [0.4, 0.5) is 0 Å². The van der Waals surface area contributed by atoms with E-state index in [2.05, 4.69) is 19.2 Å². The van der Waals surface area contributed by atoms with Gasteiger partial charge in [-0.25, -0.2) is 4.57 Å². The van der Waals surface area contributed by atoms with E-state index >= 15 is 0 Å². The number of carbonyl (C=O) groups is 1. The highest BCUT2D eigenvalue weighted by molar-refractivity contribution is 7.47. The van der Waals surface area contributed by atoms with E-state index in [-0.39, 0.29) is 12.3 Å². The summed E-state index contributed by atoms with van der Waals surface area (Å²) in [5, 5.41) is 64.4. The Labute approximate surface area is 473 Å². The number of aliphatic hydroxyl groups excluding tert-OH is 6. The number of phosphoric acid groups is 1. The molecule has 1 aliphatic carbocycles. The van der Waals surface area contributed by atoms with Crippen molar-refractivity contribution in [2.45, 2.75) is 384 Å². The van der Waals surface area contributed by atoms with Crippen molar-refractivity contribution >= 4 is 13.7 Å². The second kappa shape index (κ2) is 53.1. The van der Waals surface area contributed by atoms with Gasteiger partial charge in [-0.3, -0.25) is 13.8 Å². The number of phosphoric ester groups is 1. The lowest BCUT2D eigenvalue weighted by atomic mass is 9.85. The second-order valence-corrected chi connectivity index (χ2v) is 25.1. The third kappa shape index (κ3) is 43.4. The van der Waals surface area contributed by atoms with E-state index < -0.39 is 63.2 Å². The highest BCUT2D eigenvalue weighted by Crippen LogP contribution is 2.47. The van der Waals surface area contributed by atoms with Crippen LogP contribution in [0.3, 0.4) is 0 Å². The summed E-state index contributed by atoms with van der Waals surface area (Å²) in [5.41, 5.74) is 0. The first kappa shape index (κ1) is 74.1. The predicted octanol–water partition coefficient (Wildman–Crippen LogP) is 16.3. The lowest BCUT2D eigenvalue weighted by molar-refractivity contribution is -0.220. The predicted molar refractivity (Wildman–Crippen MR) is 320 cm³/mol. The van der Waals surface area contributed by atoms with Crippen LogP contribution in [-0.4, -0.2) is 96.8 Å². The molecule has 0 aromatic carbocycles. The van der Waals surface area contributed by atoms with Crippen LogP contribution in [0.5, 0.6) is 0 Å². The molecule has 1 aliphatic rings. The van der Waals surface area contributed by atoms with Crippen LogP contribution in [-0.2, 0) is 18.4 Å². The van der Waals surface area contributed by atoms with Crippen molar-refractivity contribution in [3.8, 4) is 0 Å². The Kier molecular flexibility index (Phi) is 51.1. The molecule has 0 heterocycles. The monoisotopic (exact) mass is 1120 g/mol. The highest BCUT2D eigenvalue weighted by atomic mass is 31.2. The number of unbranched alkanes of at least 4 members (excludes halogenated alkanes) is 47. The molecule has 77 heavy (non-hydrogen) atoms. The third-order valence-electron chi connectivity index (χ3n) is 16.3. The quantitative estimate of drug-likeness (QED) is 0.0163. The fourth-order valence-corrected chi connectivity index (χ4v) is 12.0. The molecule has 458 valence electrons. The lowest BCUT2D eigenvalue weighted by Gasteiger charge is -2.41. The van der Waals surface area contributed by atoms with E-state index in [0.29, 0.717) is 6.42 Å². The Morgan fingerprint density at radius 1 is 0.429 bits per heavy atom. The molecule has 0 spiro atoms. The molecule has 0 bridgehead atoms.